The Morgan fingerprint density at radius 2 is 1.32 bits per heavy atom. The molecule has 0 saturated carbocycles. The van der Waals surface area contributed by atoms with Gasteiger partial charge in [-0.25, -0.2) is 0 Å². The van der Waals surface area contributed by atoms with E-state index in [4.69, 9.17) is 0 Å². The molecule has 1 aliphatic heterocycles. The molecule has 0 bridgehead atoms. The van der Waals surface area contributed by atoms with Crippen LogP contribution in [0.5, 0.6) is 0 Å². The number of unbranched alkanes of at least 4 members (excludes halogenated alkanes) is 7. The quantitative estimate of drug-likeness (QED) is 0.408. The van der Waals surface area contributed by atoms with Gasteiger partial charge in [-0.1, -0.05) is 52.4 Å². The van der Waals surface area contributed by atoms with E-state index in [9.17, 15) is 14.4 Å². The molecular weight excluding hydrogens is 278 g/mol. The zero-order chi connectivity index (χ0) is 16.4. The van der Waals surface area contributed by atoms with E-state index in [-0.39, 0.29) is 17.7 Å². The summed E-state index contributed by atoms with van der Waals surface area (Å²) in [6.45, 7) is 4.46. The van der Waals surface area contributed by atoms with Gasteiger partial charge in [-0.15, -0.1) is 0 Å². The van der Waals surface area contributed by atoms with Crippen molar-refractivity contribution in [2.24, 2.45) is 5.92 Å². The summed E-state index contributed by atoms with van der Waals surface area (Å²) in [4.78, 5) is 35.4. The van der Waals surface area contributed by atoms with E-state index < -0.39 is 0 Å². The molecule has 1 heterocycles. The van der Waals surface area contributed by atoms with Gasteiger partial charge in [0.05, 0.1) is 0 Å². The first kappa shape index (κ1) is 18.6. The minimum absolute atomic E-state index is 0.171. The topological polar surface area (TPSA) is 54.5 Å². The summed E-state index contributed by atoms with van der Waals surface area (Å²) in [5.74, 6) is 0.187. The summed E-state index contributed by atoms with van der Waals surface area (Å²) in [7, 11) is 0. The Hall–Kier alpha value is -1.45. The molecule has 0 aromatic heterocycles. The molecule has 0 aliphatic carbocycles. The molecule has 124 valence electrons. The molecule has 0 spiro atoms. The number of imide groups is 1. The second kappa shape index (κ2) is 10.3. The van der Waals surface area contributed by atoms with Crippen molar-refractivity contribution in [1.29, 1.82) is 0 Å². The van der Waals surface area contributed by atoms with Crippen molar-refractivity contribution >= 4 is 17.6 Å². The van der Waals surface area contributed by atoms with Gasteiger partial charge in [0.1, 0.15) is 5.78 Å². The van der Waals surface area contributed by atoms with Crippen LogP contribution >= 0.6 is 0 Å². The second-order valence-corrected chi connectivity index (χ2v) is 6.36. The van der Waals surface area contributed by atoms with E-state index in [1.54, 1.807) is 0 Å². The smallest absolute Gasteiger partial charge is 0.253 e. The van der Waals surface area contributed by atoms with Gasteiger partial charge >= 0.3 is 0 Å². The van der Waals surface area contributed by atoms with Crippen LogP contribution in [0.1, 0.15) is 71.6 Å². The molecule has 4 nitrogen and oxygen atoms in total. The Balaban J connectivity index is 1.87. The highest BCUT2D eigenvalue weighted by molar-refractivity contribution is 6.12. The molecule has 0 unspecified atom stereocenters. The first-order valence-corrected chi connectivity index (χ1v) is 8.58. The van der Waals surface area contributed by atoms with Gasteiger partial charge < -0.3 is 0 Å². The van der Waals surface area contributed by atoms with Crippen LogP contribution < -0.4 is 0 Å². The predicted molar refractivity (Wildman–Crippen MR) is 87.3 cm³/mol. The molecule has 0 atom stereocenters. The molecule has 4 heteroatoms. The molecular formula is C18H29NO3. The number of carbonyl (C=O) groups excluding carboxylic acids is 3. The fourth-order valence-corrected chi connectivity index (χ4v) is 2.57. The number of hydrogen-bond acceptors (Lipinski definition) is 3. The van der Waals surface area contributed by atoms with E-state index >= 15 is 0 Å². The van der Waals surface area contributed by atoms with Crippen molar-refractivity contribution in [2.45, 2.75) is 71.6 Å². The average Bonchev–Trinajstić information content (AvgIpc) is 2.80. The Labute approximate surface area is 133 Å². The van der Waals surface area contributed by atoms with Crippen LogP contribution in [0.2, 0.25) is 0 Å². The van der Waals surface area contributed by atoms with E-state index in [1.807, 2.05) is 13.8 Å². The number of amides is 2. The molecule has 0 saturated heterocycles. The van der Waals surface area contributed by atoms with Crippen LogP contribution in [0.3, 0.4) is 0 Å². The fraction of sp³-hybridized carbons (Fsp3) is 0.722. The van der Waals surface area contributed by atoms with Gasteiger partial charge in [-0.2, -0.15) is 0 Å². The monoisotopic (exact) mass is 307 g/mol. The molecule has 0 radical (unpaired) electrons. The third kappa shape index (κ3) is 7.01. The lowest BCUT2D eigenvalue weighted by atomic mass is 10.0. The third-order valence-corrected chi connectivity index (χ3v) is 4.10. The van der Waals surface area contributed by atoms with Gasteiger partial charge in [-0.05, 0) is 12.8 Å². The number of nitrogens with zero attached hydrogens (tertiary/aromatic N) is 1. The zero-order valence-corrected chi connectivity index (χ0v) is 14.0. The van der Waals surface area contributed by atoms with Gasteiger partial charge in [0.15, 0.2) is 0 Å². The highest BCUT2D eigenvalue weighted by Gasteiger charge is 2.21. The van der Waals surface area contributed by atoms with Crippen LogP contribution in [0.4, 0.5) is 0 Å². The lowest BCUT2D eigenvalue weighted by molar-refractivity contribution is -0.136. The molecule has 0 aromatic rings. The Bertz CT molecular complexity index is 395. The largest absolute Gasteiger partial charge is 0.299 e. The standard InChI is InChI=1S/C18H29NO3/c1-15(2)16(20)11-9-7-5-3-4-6-8-10-14-19-17(21)12-13-18(19)22/h12-13,15H,3-11,14H2,1-2H3. The maximum atomic E-state index is 11.4. The summed E-state index contributed by atoms with van der Waals surface area (Å²) in [5, 5.41) is 0. The predicted octanol–water partition coefficient (Wildman–Crippen LogP) is 3.65. The maximum Gasteiger partial charge on any atom is 0.253 e. The first-order chi connectivity index (χ1) is 10.5. The van der Waals surface area contributed by atoms with Crippen LogP contribution in [0.15, 0.2) is 12.2 Å². The molecule has 0 N–H and O–H groups in total. The Morgan fingerprint density at radius 1 is 0.864 bits per heavy atom. The summed E-state index contributed by atoms with van der Waals surface area (Å²) in [6.07, 6.45) is 12.3. The number of ketones is 1. The van der Waals surface area contributed by atoms with E-state index in [1.165, 1.54) is 36.3 Å². The normalized spacial score (nSPS) is 14.4. The number of carbonyl (C=O) groups is 3. The van der Waals surface area contributed by atoms with Crippen molar-refractivity contribution in [3.63, 3.8) is 0 Å². The molecule has 0 fully saturated rings. The highest BCUT2D eigenvalue weighted by atomic mass is 16.2. The maximum absolute atomic E-state index is 11.4. The van der Waals surface area contributed by atoms with Gasteiger partial charge in [0.25, 0.3) is 11.8 Å². The zero-order valence-electron chi connectivity index (χ0n) is 14.0. The Morgan fingerprint density at radius 3 is 1.82 bits per heavy atom. The van der Waals surface area contributed by atoms with Gasteiger partial charge in [0, 0.05) is 31.0 Å². The highest BCUT2D eigenvalue weighted by Crippen LogP contribution is 2.12. The lowest BCUT2D eigenvalue weighted by Gasteiger charge is -2.13. The van der Waals surface area contributed by atoms with Crippen LogP contribution in [-0.4, -0.2) is 29.0 Å². The van der Waals surface area contributed by atoms with Crippen molar-refractivity contribution in [3.8, 4) is 0 Å². The third-order valence-electron chi connectivity index (χ3n) is 4.10. The van der Waals surface area contributed by atoms with Crippen molar-refractivity contribution in [3.05, 3.63) is 12.2 Å². The first-order valence-electron chi connectivity index (χ1n) is 8.58. The van der Waals surface area contributed by atoms with Gasteiger partial charge in [-0.3, -0.25) is 19.3 Å². The van der Waals surface area contributed by atoms with E-state index in [2.05, 4.69) is 0 Å². The number of Topliss-reactive ketones (excluding diaryl/α,β-unsaturated/α-hetero) is 1. The SMILES string of the molecule is CC(C)C(=O)CCCCCCCCCCN1C(=O)C=CC1=O. The lowest BCUT2D eigenvalue weighted by Crippen LogP contribution is -2.30. The molecule has 1 rings (SSSR count). The van der Waals surface area contributed by atoms with E-state index in [0.717, 1.165) is 38.5 Å². The molecule has 2 amide bonds. The molecule has 0 aromatic carbocycles. The minimum Gasteiger partial charge on any atom is -0.299 e. The molecule has 1 aliphatic rings. The Kier molecular flexibility index (Phi) is 8.71. The van der Waals surface area contributed by atoms with Crippen LogP contribution in [0.25, 0.3) is 0 Å². The second-order valence-electron chi connectivity index (χ2n) is 6.36. The molecule has 22 heavy (non-hydrogen) atoms. The minimum atomic E-state index is -0.180. The number of hydrogen-bond donors (Lipinski definition) is 0. The van der Waals surface area contributed by atoms with Crippen molar-refractivity contribution in [2.75, 3.05) is 6.54 Å². The average molecular weight is 307 g/mol. The summed E-state index contributed by atoms with van der Waals surface area (Å²) in [5.41, 5.74) is 0. The summed E-state index contributed by atoms with van der Waals surface area (Å²) >= 11 is 0. The van der Waals surface area contributed by atoms with Crippen LogP contribution in [0, 0.1) is 5.92 Å². The summed E-state index contributed by atoms with van der Waals surface area (Å²) < 4.78 is 0. The van der Waals surface area contributed by atoms with Crippen molar-refractivity contribution < 1.29 is 14.4 Å². The number of rotatable bonds is 12. The van der Waals surface area contributed by atoms with Gasteiger partial charge in [0.2, 0.25) is 0 Å². The summed E-state index contributed by atoms with van der Waals surface area (Å²) in [6, 6.07) is 0. The van der Waals surface area contributed by atoms with Crippen LogP contribution in [-0.2, 0) is 14.4 Å². The van der Waals surface area contributed by atoms with Crippen molar-refractivity contribution in [1.82, 2.24) is 4.90 Å². The van der Waals surface area contributed by atoms with E-state index in [0.29, 0.717) is 12.3 Å². The fourth-order valence-electron chi connectivity index (χ4n) is 2.57.